The van der Waals surface area contributed by atoms with Gasteiger partial charge in [-0.25, -0.2) is 0 Å². The van der Waals surface area contributed by atoms with Crippen LogP contribution >= 0.6 is 0 Å². The maximum Gasteiger partial charge on any atom is 0.464 e. The third kappa shape index (κ3) is 1.67. The molecule has 1 N–H and O–H groups in total. The molecular weight excluding hydrogens is 225 g/mol. The van der Waals surface area contributed by atoms with Gasteiger partial charge in [0.25, 0.3) is 0 Å². The van der Waals surface area contributed by atoms with E-state index in [-0.39, 0.29) is 11.5 Å². The minimum Gasteiger partial charge on any atom is -0.343 e. The molecule has 8 heteroatoms. The molecule has 1 atom stereocenters. The summed E-state index contributed by atoms with van der Waals surface area (Å²) < 4.78 is 36.9. The number of nitrogens with zero attached hydrogens (tertiary/aromatic N) is 4. The van der Waals surface area contributed by atoms with Crippen molar-refractivity contribution >= 4 is 5.84 Å². The molecule has 5 nitrogen and oxygen atoms in total. The smallest absolute Gasteiger partial charge is 0.343 e. The third-order valence-corrected chi connectivity index (χ3v) is 1.82. The molecule has 2 heterocycles. The molecule has 0 spiro atoms. The second-order valence-corrected chi connectivity index (χ2v) is 2.98. The number of aliphatic imine (C=N–C) groups is 1. The van der Waals surface area contributed by atoms with Crippen LogP contribution in [0.25, 0.3) is 0 Å². The van der Waals surface area contributed by atoms with Crippen LogP contribution in [0.15, 0.2) is 39.6 Å². The van der Waals surface area contributed by atoms with Crippen LogP contribution in [0.4, 0.5) is 13.2 Å². The van der Waals surface area contributed by atoms with Crippen LogP contribution in [0.2, 0.25) is 0 Å². The minimum atomic E-state index is -4.99. The Kier molecular flexibility index (Phi) is 2.23. The van der Waals surface area contributed by atoms with Crippen LogP contribution in [0.3, 0.4) is 0 Å². The number of pyridine rings is 1. The summed E-state index contributed by atoms with van der Waals surface area (Å²) in [4.78, 5) is 6.76. The van der Waals surface area contributed by atoms with Crippen molar-refractivity contribution in [3.63, 3.8) is 0 Å². The van der Waals surface area contributed by atoms with Crippen molar-refractivity contribution in [3.8, 4) is 0 Å². The van der Waals surface area contributed by atoms with Gasteiger partial charge >= 0.3 is 12.0 Å². The number of aliphatic hydroxyl groups is 1. The molecule has 0 fully saturated rings. The molecule has 0 aliphatic carbocycles. The zero-order valence-corrected chi connectivity index (χ0v) is 7.68. The van der Waals surface area contributed by atoms with E-state index in [0.717, 1.165) is 0 Å². The summed E-state index contributed by atoms with van der Waals surface area (Å²) in [7, 11) is 0. The lowest BCUT2D eigenvalue weighted by atomic mass is 10.3. The summed E-state index contributed by atoms with van der Waals surface area (Å²) in [6.45, 7) is 0. The Bertz CT molecular complexity index is 456. The van der Waals surface area contributed by atoms with Crippen LogP contribution in [0, 0.1) is 0 Å². The van der Waals surface area contributed by atoms with E-state index in [9.17, 15) is 13.2 Å². The van der Waals surface area contributed by atoms with Gasteiger partial charge in [0.1, 0.15) is 5.69 Å². The summed E-state index contributed by atoms with van der Waals surface area (Å²) in [6, 6.07) is 4.57. The molecule has 1 aliphatic heterocycles. The third-order valence-electron chi connectivity index (χ3n) is 1.82. The van der Waals surface area contributed by atoms with Gasteiger partial charge in [0.2, 0.25) is 0 Å². The van der Waals surface area contributed by atoms with Crippen molar-refractivity contribution < 1.29 is 18.3 Å². The van der Waals surface area contributed by atoms with E-state index in [1.165, 1.54) is 12.3 Å². The van der Waals surface area contributed by atoms with Gasteiger partial charge in [-0.3, -0.25) is 4.98 Å². The largest absolute Gasteiger partial charge is 0.464 e. The number of rotatable bonds is 1. The average molecular weight is 230 g/mol. The molecule has 2 rings (SSSR count). The zero-order chi connectivity index (χ0) is 11.8. The molecule has 1 aromatic heterocycles. The number of hydrogen-bond acceptors (Lipinski definition) is 5. The fourth-order valence-electron chi connectivity index (χ4n) is 1.03. The first-order chi connectivity index (χ1) is 7.42. The van der Waals surface area contributed by atoms with E-state index >= 15 is 0 Å². The van der Waals surface area contributed by atoms with Gasteiger partial charge in [-0.2, -0.15) is 18.2 Å². The van der Waals surface area contributed by atoms with Crippen molar-refractivity contribution in [2.45, 2.75) is 12.0 Å². The molecule has 0 bridgehead atoms. The maximum atomic E-state index is 12.3. The summed E-state index contributed by atoms with van der Waals surface area (Å²) in [5.41, 5.74) is 0.117. The molecule has 0 aromatic carbocycles. The summed E-state index contributed by atoms with van der Waals surface area (Å²) in [5, 5.41) is 14.9. The second-order valence-electron chi connectivity index (χ2n) is 2.98. The molecule has 0 radical (unpaired) electrons. The Morgan fingerprint density at radius 2 is 2.00 bits per heavy atom. The van der Waals surface area contributed by atoms with E-state index in [1.54, 1.807) is 12.1 Å². The maximum absolute atomic E-state index is 12.3. The number of aromatic nitrogens is 1. The van der Waals surface area contributed by atoms with Gasteiger partial charge in [0, 0.05) is 6.20 Å². The molecule has 16 heavy (non-hydrogen) atoms. The average Bonchev–Trinajstić information content (AvgIpc) is 2.63. The predicted octanol–water partition coefficient (Wildman–Crippen LogP) is 1.50. The Balaban J connectivity index is 2.37. The normalized spacial score (nSPS) is 24.6. The van der Waals surface area contributed by atoms with Crippen LogP contribution < -0.4 is 0 Å². The first kappa shape index (κ1) is 10.7. The van der Waals surface area contributed by atoms with Gasteiger partial charge in [-0.15, -0.1) is 10.2 Å². The van der Waals surface area contributed by atoms with Crippen LogP contribution in [0.1, 0.15) is 5.69 Å². The summed E-state index contributed by atoms with van der Waals surface area (Å²) in [6.07, 6.45) is -3.62. The van der Waals surface area contributed by atoms with E-state index < -0.39 is 12.0 Å². The molecule has 1 unspecified atom stereocenters. The minimum absolute atomic E-state index is 0.117. The van der Waals surface area contributed by atoms with Crippen LogP contribution in [-0.4, -0.2) is 28.0 Å². The Morgan fingerprint density at radius 3 is 2.50 bits per heavy atom. The van der Waals surface area contributed by atoms with Crippen molar-refractivity contribution in [3.05, 3.63) is 30.1 Å². The monoisotopic (exact) mass is 230 g/mol. The van der Waals surface area contributed by atoms with Crippen molar-refractivity contribution in [1.82, 2.24) is 4.98 Å². The highest BCUT2D eigenvalue weighted by Gasteiger charge is 2.58. The molecule has 0 amide bonds. The van der Waals surface area contributed by atoms with Crippen LogP contribution in [0.5, 0.6) is 0 Å². The lowest BCUT2D eigenvalue weighted by molar-refractivity contribution is -0.253. The van der Waals surface area contributed by atoms with Gasteiger partial charge in [-0.05, 0) is 12.1 Å². The predicted molar refractivity (Wildman–Crippen MR) is 46.6 cm³/mol. The standard InChI is InChI=1S/C8H5F3N4O/c9-7(10,11)8(16)13-6(14-15-8)5-3-1-2-4-12-5/h1-4,16H. The first-order valence-corrected chi connectivity index (χ1v) is 4.16. The Hall–Kier alpha value is -1.83. The highest BCUT2D eigenvalue weighted by Crippen LogP contribution is 2.36. The highest BCUT2D eigenvalue weighted by molar-refractivity contribution is 5.98. The fourth-order valence-corrected chi connectivity index (χ4v) is 1.03. The number of alkyl halides is 3. The topological polar surface area (TPSA) is 70.2 Å². The number of halogens is 3. The van der Waals surface area contributed by atoms with E-state index in [0.29, 0.717) is 0 Å². The molecule has 1 aliphatic rings. The van der Waals surface area contributed by atoms with Crippen LogP contribution in [-0.2, 0) is 0 Å². The Labute approximate surface area is 87.4 Å². The van der Waals surface area contributed by atoms with Gasteiger partial charge in [0.05, 0.1) is 0 Å². The molecule has 84 valence electrons. The second kappa shape index (κ2) is 3.34. The van der Waals surface area contributed by atoms with Gasteiger partial charge < -0.3 is 5.11 Å². The molecule has 0 saturated heterocycles. The van der Waals surface area contributed by atoms with E-state index in [1.807, 2.05) is 0 Å². The van der Waals surface area contributed by atoms with Crippen molar-refractivity contribution in [2.24, 2.45) is 15.2 Å². The lowest BCUT2D eigenvalue weighted by Gasteiger charge is -2.16. The van der Waals surface area contributed by atoms with Gasteiger partial charge in [-0.1, -0.05) is 6.07 Å². The first-order valence-electron chi connectivity index (χ1n) is 4.16. The number of azo groups is 1. The van der Waals surface area contributed by atoms with Crippen molar-refractivity contribution in [1.29, 1.82) is 0 Å². The number of hydrogen-bond donors (Lipinski definition) is 1. The lowest BCUT2D eigenvalue weighted by Crippen LogP contribution is -2.40. The van der Waals surface area contributed by atoms with E-state index in [4.69, 9.17) is 5.11 Å². The molecule has 0 saturated carbocycles. The highest BCUT2D eigenvalue weighted by atomic mass is 19.4. The molecule has 1 aromatic rings. The quantitative estimate of drug-likeness (QED) is 0.794. The summed E-state index contributed by atoms with van der Waals surface area (Å²) in [5.74, 6) is -3.83. The van der Waals surface area contributed by atoms with Crippen molar-refractivity contribution in [2.75, 3.05) is 0 Å². The van der Waals surface area contributed by atoms with E-state index in [2.05, 4.69) is 20.2 Å². The Morgan fingerprint density at radius 1 is 1.25 bits per heavy atom. The van der Waals surface area contributed by atoms with Gasteiger partial charge in [0.15, 0.2) is 5.84 Å². The zero-order valence-electron chi connectivity index (χ0n) is 7.68. The summed E-state index contributed by atoms with van der Waals surface area (Å²) >= 11 is 0. The fraction of sp³-hybridized carbons (Fsp3) is 0.250. The number of amidine groups is 1. The molecular formula is C8H5F3N4O. The SMILES string of the molecule is OC1(C(F)(F)F)N=NC(c2ccccn2)=N1.